The number of aliphatic hydroxyl groups excluding tert-OH is 1. The van der Waals surface area contributed by atoms with Gasteiger partial charge in [0.15, 0.2) is 0 Å². The van der Waals surface area contributed by atoms with Crippen LogP contribution in [0.15, 0.2) is 0 Å². The number of carboxylic acids is 1. The Kier molecular flexibility index (Phi) is 5.97. The predicted octanol–water partition coefficient (Wildman–Crippen LogP) is 0.766. The van der Waals surface area contributed by atoms with Crippen molar-refractivity contribution in [1.29, 1.82) is 0 Å². The molecule has 1 aliphatic rings. The molecule has 0 spiro atoms. The van der Waals surface area contributed by atoms with E-state index in [0.29, 0.717) is 25.8 Å². The van der Waals surface area contributed by atoms with Crippen LogP contribution < -0.4 is 5.32 Å². The van der Waals surface area contributed by atoms with Crippen LogP contribution in [0.3, 0.4) is 0 Å². The lowest BCUT2D eigenvalue weighted by Gasteiger charge is -2.10. The Morgan fingerprint density at radius 2 is 1.82 bits per heavy atom. The zero-order valence-electron chi connectivity index (χ0n) is 10.0. The van der Waals surface area contributed by atoms with E-state index in [2.05, 4.69) is 5.32 Å². The zero-order valence-corrected chi connectivity index (χ0v) is 10.0. The van der Waals surface area contributed by atoms with Crippen molar-refractivity contribution in [2.24, 2.45) is 11.8 Å². The molecule has 1 fully saturated rings. The second-order valence-corrected chi connectivity index (χ2v) is 4.62. The highest BCUT2D eigenvalue weighted by Gasteiger charge is 2.33. The molecule has 1 amide bonds. The van der Waals surface area contributed by atoms with Gasteiger partial charge in [-0.3, -0.25) is 9.59 Å². The highest BCUT2D eigenvalue weighted by Crippen LogP contribution is 2.30. The van der Waals surface area contributed by atoms with Crippen molar-refractivity contribution in [2.75, 3.05) is 13.2 Å². The van der Waals surface area contributed by atoms with Crippen LogP contribution in [0.1, 0.15) is 38.5 Å². The largest absolute Gasteiger partial charge is 0.481 e. The van der Waals surface area contributed by atoms with E-state index >= 15 is 0 Å². The average molecular weight is 243 g/mol. The van der Waals surface area contributed by atoms with Crippen molar-refractivity contribution in [1.82, 2.24) is 5.32 Å². The number of amides is 1. The summed E-state index contributed by atoms with van der Waals surface area (Å²) in [6.45, 7) is 0.809. The van der Waals surface area contributed by atoms with E-state index in [1.165, 1.54) is 0 Å². The van der Waals surface area contributed by atoms with Crippen LogP contribution in [0.25, 0.3) is 0 Å². The summed E-state index contributed by atoms with van der Waals surface area (Å²) in [4.78, 5) is 22.4. The van der Waals surface area contributed by atoms with Crippen molar-refractivity contribution in [3.8, 4) is 0 Å². The van der Waals surface area contributed by atoms with Gasteiger partial charge < -0.3 is 15.5 Å². The summed E-state index contributed by atoms with van der Waals surface area (Å²) in [7, 11) is 0. The first-order chi connectivity index (χ1) is 8.15. The highest BCUT2D eigenvalue weighted by atomic mass is 16.4. The fraction of sp³-hybridized carbons (Fsp3) is 0.833. The van der Waals surface area contributed by atoms with Gasteiger partial charge in [-0.1, -0.05) is 0 Å². The van der Waals surface area contributed by atoms with Crippen LogP contribution in [0.5, 0.6) is 0 Å². The Morgan fingerprint density at radius 3 is 2.41 bits per heavy atom. The maximum absolute atomic E-state index is 11.7. The summed E-state index contributed by atoms with van der Waals surface area (Å²) < 4.78 is 0. The minimum absolute atomic E-state index is 0.0160. The highest BCUT2D eigenvalue weighted by molar-refractivity contribution is 5.80. The number of carbonyl (C=O) groups excluding carboxylic acids is 1. The molecule has 0 aliphatic heterocycles. The number of rotatable bonds is 7. The molecule has 3 N–H and O–H groups in total. The van der Waals surface area contributed by atoms with E-state index in [1.807, 2.05) is 0 Å². The van der Waals surface area contributed by atoms with Gasteiger partial charge in [-0.2, -0.15) is 0 Å². The smallest absolute Gasteiger partial charge is 0.306 e. The molecule has 0 aromatic rings. The standard InChI is InChI=1S/C12H21NO4/c14-7-3-1-2-6-13-11(15)9-4-5-10(8-9)12(16)17/h9-10,14H,1-8H2,(H,13,15)(H,16,17)/t9-,10+/m1/s1. The molecule has 2 atom stereocenters. The van der Waals surface area contributed by atoms with E-state index < -0.39 is 5.97 Å². The van der Waals surface area contributed by atoms with Crippen molar-refractivity contribution in [3.05, 3.63) is 0 Å². The first-order valence-corrected chi connectivity index (χ1v) is 6.26. The lowest BCUT2D eigenvalue weighted by atomic mass is 10.0. The van der Waals surface area contributed by atoms with E-state index in [-0.39, 0.29) is 24.3 Å². The van der Waals surface area contributed by atoms with Crippen molar-refractivity contribution < 1.29 is 19.8 Å². The summed E-state index contributed by atoms with van der Waals surface area (Å²) in [6.07, 6.45) is 4.29. The quantitative estimate of drug-likeness (QED) is 0.576. The van der Waals surface area contributed by atoms with Gasteiger partial charge in [0.25, 0.3) is 0 Å². The molecule has 0 radical (unpaired) electrons. The second kappa shape index (κ2) is 7.27. The normalized spacial score (nSPS) is 23.6. The lowest BCUT2D eigenvalue weighted by Crippen LogP contribution is -2.30. The molecular weight excluding hydrogens is 222 g/mol. The fourth-order valence-electron chi connectivity index (χ4n) is 2.21. The molecule has 98 valence electrons. The summed E-state index contributed by atoms with van der Waals surface area (Å²) in [5.74, 6) is -1.28. The van der Waals surface area contributed by atoms with Crippen LogP contribution in [-0.2, 0) is 9.59 Å². The first kappa shape index (κ1) is 14.0. The van der Waals surface area contributed by atoms with Gasteiger partial charge in [0, 0.05) is 19.1 Å². The minimum Gasteiger partial charge on any atom is -0.481 e. The number of aliphatic hydroxyl groups is 1. The minimum atomic E-state index is -0.789. The maximum Gasteiger partial charge on any atom is 0.306 e. The van der Waals surface area contributed by atoms with Gasteiger partial charge in [-0.25, -0.2) is 0 Å². The molecule has 0 saturated heterocycles. The summed E-state index contributed by atoms with van der Waals surface area (Å²) in [5.41, 5.74) is 0. The van der Waals surface area contributed by atoms with Gasteiger partial charge >= 0.3 is 5.97 Å². The topological polar surface area (TPSA) is 86.6 Å². The van der Waals surface area contributed by atoms with Crippen molar-refractivity contribution in [2.45, 2.75) is 38.5 Å². The zero-order chi connectivity index (χ0) is 12.7. The SMILES string of the molecule is O=C(O)[C@H]1CC[C@@H](C(=O)NCCCCCO)C1. The van der Waals surface area contributed by atoms with E-state index in [9.17, 15) is 9.59 Å². The Morgan fingerprint density at radius 1 is 1.12 bits per heavy atom. The number of carboxylic acid groups (broad SMARTS) is 1. The van der Waals surface area contributed by atoms with E-state index in [0.717, 1.165) is 19.3 Å². The molecule has 0 heterocycles. The summed E-state index contributed by atoms with van der Waals surface area (Å²) in [6, 6.07) is 0. The fourth-order valence-corrected chi connectivity index (χ4v) is 2.21. The molecule has 17 heavy (non-hydrogen) atoms. The molecule has 5 heteroatoms. The van der Waals surface area contributed by atoms with Crippen LogP contribution in [-0.4, -0.2) is 35.2 Å². The Labute approximate surface area is 101 Å². The first-order valence-electron chi connectivity index (χ1n) is 6.26. The summed E-state index contributed by atoms with van der Waals surface area (Å²) >= 11 is 0. The Bertz CT molecular complexity index is 267. The van der Waals surface area contributed by atoms with Gasteiger partial charge in [-0.15, -0.1) is 0 Å². The van der Waals surface area contributed by atoms with Gasteiger partial charge in [0.2, 0.25) is 5.91 Å². The molecular formula is C12H21NO4. The van der Waals surface area contributed by atoms with Gasteiger partial charge in [-0.05, 0) is 38.5 Å². The molecule has 0 bridgehead atoms. The molecule has 0 aromatic carbocycles. The second-order valence-electron chi connectivity index (χ2n) is 4.62. The third-order valence-electron chi connectivity index (χ3n) is 3.29. The van der Waals surface area contributed by atoms with Crippen LogP contribution in [0, 0.1) is 11.8 Å². The number of aliphatic carboxylic acids is 1. The number of unbranched alkanes of at least 4 members (excludes halogenated alkanes) is 2. The Hall–Kier alpha value is -1.10. The molecule has 1 rings (SSSR count). The van der Waals surface area contributed by atoms with Crippen molar-refractivity contribution >= 4 is 11.9 Å². The molecule has 5 nitrogen and oxygen atoms in total. The monoisotopic (exact) mass is 243 g/mol. The number of hydrogen-bond acceptors (Lipinski definition) is 3. The number of nitrogens with one attached hydrogen (secondary N) is 1. The molecule has 0 aromatic heterocycles. The predicted molar refractivity (Wildman–Crippen MR) is 62.4 cm³/mol. The van der Waals surface area contributed by atoms with Crippen LogP contribution in [0.2, 0.25) is 0 Å². The molecule has 1 saturated carbocycles. The van der Waals surface area contributed by atoms with E-state index in [1.54, 1.807) is 0 Å². The van der Waals surface area contributed by atoms with E-state index in [4.69, 9.17) is 10.2 Å². The maximum atomic E-state index is 11.7. The average Bonchev–Trinajstić information content (AvgIpc) is 2.78. The van der Waals surface area contributed by atoms with Gasteiger partial charge in [0.05, 0.1) is 5.92 Å². The van der Waals surface area contributed by atoms with Crippen molar-refractivity contribution in [3.63, 3.8) is 0 Å². The molecule has 0 unspecified atom stereocenters. The van der Waals surface area contributed by atoms with Crippen LogP contribution in [0.4, 0.5) is 0 Å². The third-order valence-corrected chi connectivity index (χ3v) is 3.29. The molecule has 1 aliphatic carbocycles. The Balaban J connectivity index is 2.14. The van der Waals surface area contributed by atoms with Crippen LogP contribution >= 0.6 is 0 Å². The number of hydrogen-bond donors (Lipinski definition) is 3. The summed E-state index contributed by atoms with van der Waals surface area (Å²) in [5, 5.41) is 20.2. The van der Waals surface area contributed by atoms with Gasteiger partial charge in [0.1, 0.15) is 0 Å². The number of carbonyl (C=O) groups is 2. The third kappa shape index (κ3) is 4.73. The lowest BCUT2D eigenvalue weighted by molar-refractivity contribution is -0.141.